The third-order valence-electron chi connectivity index (χ3n) is 19.7. The van der Waals surface area contributed by atoms with E-state index in [9.17, 15) is 0 Å². The Bertz CT molecular complexity index is 6360. The van der Waals surface area contributed by atoms with Crippen LogP contribution in [0.15, 0.2) is 349 Å². The lowest BCUT2D eigenvalue weighted by Crippen LogP contribution is -1.91. The van der Waals surface area contributed by atoms with Gasteiger partial charge in [-0.25, -0.2) is 0 Å². The summed E-state index contributed by atoms with van der Waals surface area (Å²) < 4.78 is 13.2. The van der Waals surface area contributed by atoms with Crippen molar-refractivity contribution in [1.29, 1.82) is 0 Å². The van der Waals surface area contributed by atoms with Gasteiger partial charge in [-0.15, -0.1) is 0 Å². The van der Waals surface area contributed by atoms with Crippen molar-refractivity contribution in [3.05, 3.63) is 340 Å². The van der Waals surface area contributed by atoms with E-state index in [1.807, 2.05) is 0 Å². The van der Waals surface area contributed by atoms with Crippen LogP contribution < -0.4 is 0 Å². The van der Waals surface area contributed by atoms with Gasteiger partial charge in [-0.05, 0) is 185 Å². The summed E-state index contributed by atoms with van der Waals surface area (Å²) in [5, 5.41) is 24.2. The average molecular weight is 1190 g/mol. The third kappa shape index (κ3) is 8.58. The van der Waals surface area contributed by atoms with Crippen LogP contribution in [0.1, 0.15) is 0 Å². The number of hydrogen-bond acceptors (Lipinski definition) is 2. The first-order valence-electron chi connectivity index (χ1n) is 32.4. The summed E-state index contributed by atoms with van der Waals surface area (Å²) in [6.45, 7) is 0. The maximum absolute atomic E-state index is 6.63. The molecule has 20 aromatic rings. The van der Waals surface area contributed by atoms with Crippen LogP contribution in [-0.4, -0.2) is 0 Å². The summed E-state index contributed by atoms with van der Waals surface area (Å²) in [6, 6.07) is 123. The number of rotatable bonds is 6. The SMILES string of the molecule is c1cc(-c2ccc3ccccc3c2)cc(-c2c3ccccc3c(-c3cccc4oc5c6ccccc6ccc5c34)c3ccccc23)c1.c1ccc2cc(-c3ccc(-c4c5ccccc5c(-c5cccc6oc7c8ccccc8ccc7c56)c5ccccc45)cc3)ccc2c1. The van der Waals surface area contributed by atoms with E-state index in [1.54, 1.807) is 0 Å². The van der Waals surface area contributed by atoms with Crippen LogP contribution in [0.4, 0.5) is 0 Å². The predicted molar refractivity (Wildman–Crippen MR) is 400 cm³/mol. The molecule has 0 saturated heterocycles. The zero-order valence-corrected chi connectivity index (χ0v) is 51.1. The second-order valence-electron chi connectivity index (χ2n) is 24.9. The maximum atomic E-state index is 6.63. The predicted octanol–water partition coefficient (Wildman–Crippen LogP) is 26.4. The summed E-state index contributed by atoms with van der Waals surface area (Å²) in [5.41, 5.74) is 18.4. The van der Waals surface area contributed by atoms with Crippen LogP contribution in [0.3, 0.4) is 0 Å². The molecule has 18 aromatic carbocycles. The fourth-order valence-corrected chi connectivity index (χ4v) is 15.4. The highest BCUT2D eigenvalue weighted by atomic mass is 16.3. The summed E-state index contributed by atoms with van der Waals surface area (Å²) in [7, 11) is 0. The van der Waals surface area contributed by atoms with Crippen LogP contribution in [0.2, 0.25) is 0 Å². The number of fused-ring (bicyclic) bond motifs is 16. The highest BCUT2D eigenvalue weighted by Gasteiger charge is 2.24. The molecule has 0 amide bonds. The standard InChI is InChI=1S/2C46H28O/c1-2-13-31-27-33(24-23-29(31)11-1)32-14-9-15-34(28-32)43-36-17-5-7-19-38(36)44(39-20-8-6-18-37(39)43)40-21-10-22-42-45(40)41-26-25-30-12-3-4-16-35(30)46(41)47-42;1-2-12-33-28-34(25-22-29(33)10-1)30-20-23-32(24-21-30)43-36-14-5-7-16-38(36)44(39-17-8-6-15-37(39)43)40-18-9-19-42-45(40)41-27-26-31-11-3-4-13-35(31)46(41)47-42/h2*1-28H. The van der Waals surface area contributed by atoms with E-state index in [0.717, 1.165) is 54.6 Å². The Morgan fingerprint density at radius 2 is 0.468 bits per heavy atom. The van der Waals surface area contributed by atoms with Crippen molar-refractivity contribution >= 4 is 130 Å². The monoisotopic (exact) mass is 1190 g/mol. The summed E-state index contributed by atoms with van der Waals surface area (Å²) in [4.78, 5) is 0. The molecule has 0 aliphatic heterocycles. The van der Waals surface area contributed by atoms with Gasteiger partial charge in [0.15, 0.2) is 0 Å². The summed E-state index contributed by atoms with van der Waals surface area (Å²) in [5.74, 6) is 0. The first-order valence-corrected chi connectivity index (χ1v) is 32.4. The quantitative estimate of drug-likeness (QED) is 0.155. The highest BCUT2D eigenvalue weighted by Crippen LogP contribution is 2.50. The van der Waals surface area contributed by atoms with Crippen LogP contribution in [-0.2, 0) is 0 Å². The van der Waals surface area contributed by atoms with E-state index in [-0.39, 0.29) is 0 Å². The molecule has 436 valence electrons. The molecule has 0 aliphatic carbocycles. The molecule has 0 aliphatic rings. The van der Waals surface area contributed by atoms with Gasteiger partial charge in [0.05, 0.1) is 0 Å². The molecule has 0 saturated carbocycles. The van der Waals surface area contributed by atoms with Crippen LogP contribution in [0.25, 0.3) is 197 Å². The van der Waals surface area contributed by atoms with Crippen molar-refractivity contribution < 1.29 is 8.83 Å². The molecule has 0 N–H and O–H groups in total. The van der Waals surface area contributed by atoms with Gasteiger partial charge in [0.25, 0.3) is 0 Å². The van der Waals surface area contributed by atoms with Gasteiger partial charge in [-0.2, -0.15) is 0 Å². The molecule has 0 atom stereocenters. The Labute approximate surface area is 542 Å². The number of furan rings is 2. The lowest BCUT2D eigenvalue weighted by atomic mass is 9.84. The first-order chi connectivity index (χ1) is 46.6. The molecule has 0 spiro atoms. The minimum absolute atomic E-state index is 0.911. The fraction of sp³-hybridized carbons (Fsp3) is 0. The van der Waals surface area contributed by atoms with Crippen molar-refractivity contribution in [2.45, 2.75) is 0 Å². The van der Waals surface area contributed by atoms with E-state index < -0.39 is 0 Å². The molecule has 2 heterocycles. The van der Waals surface area contributed by atoms with Gasteiger partial charge in [-0.1, -0.05) is 297 Å². The van der Waals surface area contributed by atoms with Gasteiger partial charge in [0.2, 0.25) is 0 Å². The van der Waals surface area contributed by atoms with E-state index in [2.05, 4.69) is 340 Å². The van der Waals surface area contributed by atoms with Gasteiger partial charge in [0, 0.05) is 32.3 Å². The fourth-order valence-electron chi connectivity index (χ4n) is 15.4. The third-order valence-corrected chi connectivity index (χ3v) is 19.7. The molecule has 2 heteroatoms. The summed E-state index contributed by atoms with van der Waals surface area (Å²) in [6.07, 6.45) is 0. The zero-order valence-electron chi connectivity index (χ0n) is 51.1. The molecule has 94 heavy (non-hydrogen) atoms. The molecule has 0 fully saturated rings. The molecule has 20 rings (SSSR count). The van der Waals surface area contributed by atoms with E-state index >= 15 is 0 Å². The largest absolute Gasteiger partial charge is 0.455 e. The molecule has 2 nitrogen and oxygen atoms in total. The van der Waals surface area contributed by atoms with Crippen molar-refractivity contribution in [1.82, 2.24) is 0 Å². The lowest BCUT2D eigenvalue weighted by Gasteiger charge is -2.18. The highest BCUT2D eigenvalue weighted by molar-refractivity contribution is 6.29. The van der Waals surface area contributed by atoms with Crippen LogP contribution >= 0.6 is 0 Å². The van der Waals surface area contributed by atoms with Crippen molar-refractivity contribution in [2.24, 2.45) is 0 Å². The van der Waals surface area contributed by atoms with Crippen LogP contribution in [0, 0.1) is 0 Å². The number of hydrogen-bond donors (Lipinski definition) is 0. The van der Waals surface area contributed by atoms with Gasteiger partial charge in [0.1, 0.15) is 22.3 Å². The second-order valence-corrected chi connectivity index (χ2v) is 24.9. The lowest BCUT2D eigenvalue weighted by molar-refractivity contribution is 0.672. The smallest absolute Gasteiger partial charge is 0.143 e. The van der Waals surface area contributed by atoms with Gasteiger partial charge >= 0.3 is 0 Å². The summed E-state index contributed by atoms with van der Waals surface area (Å²) >= 11 is 0. The average Bonchev–Trinajstić information content (AvgIpc) is 1.30. The minimum atomic E-state index is 0.911. The molecular formula is C92H56O2. The zero-order chi connectivity index (χ0) is 61.8. The Morgan fingerprint density at radius 3 is 0.915 bits per heavy atom. The maximum Gasteiger partial charge on any atom is 0.143 e. The molecule has 2 aromatic heterocycles. The second kappa shape index (κ2) is 21.7. The molecule has 0 radical (unpaired) electrons. The Balaban J connectivity index is 0.000000133. The Morgan fingerprint density at radius 1 is 0.160 bits per heavy atom. The minimum Gasteiger partial charge on any atom is -0.455 e. The van der Waals surface area contributed by atoms with Crippen molar-refractivity contribution in [3.63, 3.8) is 0 Å². The normalized spacial score (nSPS) is 11.8. The molecule has 0 unspecified atom stereocenters. The van der Waals surface area contributed by atoms with Crippen LogP contribution in [0.5, 0.6) is 0 Å². The Hall–Kier alpha value is -12.4. The van der Waals surface area contributed by atoms with Gasteiger partial charge < -0.3 is 8.83 Å². The van der Waals surface area contributed by atoms with Gasteiger partial charge in [-0.3, -0.25) is 0 Å². The van der Waals surface area contributed by atoms with Crippen molar-refractivity contribution in [2.75, 3.05) is 0 Å². The number of benzene rings is 18. The first kappa shape index (κ1) is 53.5. The van der Waals surface area contributed by atoms with Crippen molar-refractivity contribution in [3.8, 4) is 66.8 Å². The van der Waals surface area contributed by atoms with E-state index in [0.29, 0.717) is 0 Å². The Kier molecular flexibility index (Phi) is 12.3. The van der Waals surface area contributed by atoms with E-state index in [1.165, 1.54) is 142 Å². The molecular weight excluding hydrogens is 1140 g/mol. The topological polar surface area (TPSA) is 26.3 Å². The van der Waals surface area contributed by atoms with E-state index in [4.69, 9.17) is 8.83 Å². The molecule has 0 bridgehead atoms.